The van der Waals surface area contributed by atoms with Crippen LogP contribution in [0.1, 0.15) is 26.7 Å². The molecule has 7 rings (SSSR count). The van der Waals surface area contributed by atoms with E-state index in [-0.39, 0.29) is 5.57 Å². The van der Waals surface area contributed by atoms with Crippen LogP contribution in [-0.2, 0) is 19.1 Å². The van der Waals surface area contributed by atoms with Crippen molar-refractivity contribution in [3.05, 3.63) is 11.1 Å². The molecule has 0 aromatic rings. The van der Waals surface area contributed by atoms with E-state index in [2.05, 4.69) is 0 Å². The zero-order chi connectivity index (χ0) is 14.3. The average molecular weight is 286 g/mol. The van der Waals surface area contributed by atoms with Crippen LogP contribution in [0.15, 0.2) is 11.1 Å². The first kappa shape index (κ1) is 11.3. The highest BCUT2D eigenvalue weighted by atomic mass is 16.7. The lowest BCUT2D eigenvalue weighted by molar-refractivity contribution is -0.222. The Labute approximate surface area is 122 Å². The summed E-state index contributed by atoms with van der Waals surface area (Å²) in [7, 11) is 0. The standard InChI is InChI=1S/C17H18O4/c1-17(2)20-15(18)14(16(19)21-17)13-11-7-3-5-6-4-8(9(5)11)12(13)10(6)7/h5-12H,3-4H2,1-2H3. The average Bonchev–Trinajstić information content (AvgIpc) is 3.02. The maximum absolute atomic E-state index is 12.4. The number of cyclic esters (lactones) is 2. The van der Waals surface area contributed by atoms with Gasteiger partial charge in [-0.2, -0.15) is 0 Å². The summed E-state index contributed by atoms with van der Waals surface area (Å²) in [5.41, 5.74) is 1.42. The van der Waals surface area contributed by atoms with Gasteiger partial charge >= 0.3 is 11.9 Å². The number of rotatable bonds is 0. The van der Waals surface area contributed by atoms with Crippen LogP contribution < -0.4 is 0 Å². The lowest BCUT2D eigenvalue weighted by Crippen LogP contribution is -2.42. The molecule has 21 heavy (non-hydrogen) atoms. The Bertz CT molecular complexity index is 608. The van der Waals surface area contributed by atoms with Crippen LogP contribution in [-0.4, -0.2) is 17.7 Å². The molecule has 1 heterocycles. The van der Waals surface area contributed by atoms with Crippen LogP contribution in [0, 0.1) is 47.3 Å². The fourth-order valence-electron chi connectivity index (χ4n) is 7.54. The van der Waals surface area contributed by atoms with Crippen LogP contribution in [0.25, 0.3) is 0 Å². The largest absolute Gasteiger partial charge is 0.419 e. The minimum absolute atomic E-state index is 0.271. The summed E-state index contributed by atoms with van der Waals surface area (Å²) in [5.74, 6) is 3.74. The van der Waals surface area contributed by atoms with Gasteiger partial charge in [0, 0.05) is 13.8 Å². The van der Waals surface area contributed by atoms with Crippen molar-refractivity contribution in [3.63, 3.8) is 0 Å². The molecule has 6 saturated carbocycles. The quantitative estimate of drug-likeness (QED) is 0.388. The van der Waals surface area contributed by atoms with Gasteiger partial charge in [0.05, 0.1) is 0 Å². The molecule has 0 N–H and O–H groups in total. The molecule has 8 atom stereocenters. The molecular weight excluding hydrogens is 268 g/mol. The second-order valence-electron chi connectivity index (χ2n) is 8.34. The second kappa shape index (κ2) is 2.92. The smallest absolute Gasteiger partial charge is 0.348 e. The summed E-state index contributed by atoms with van der Waals surface area (Å²) in [5, 5.41) is 0. The van der Waals surface area contributed by atoms with E-state index >= 15 is 0 Å². The normalized spacial score (nSPS) is 56.9. The van der Waals surface area contributed by atoms with E-state index < -0.39 is 17.7 Å². The molecule has 7 aliphatic rings. The molecule has 0 radical (unpaired) electrons. The molecule has 7 fully saturated rings. The predicted molar refractivity (Wildman–Crippen MR) is 70.4 cm³/mol. The van der Waals surface area contributed by atoms with Gasteiger partial charge in [0.2, 0.25) is 0 Å². The summed E-state index contributed by atoms with van der Waals surface area (Å²) in [6.07, 6.45) is 2.67. The topological polar surface area (TPSA) is 52.6 Å². The van der Waals surface area contributed by atoms with Crippen molar-refractivity contribution in [3.8, 4) is 0 Å². The fraction of sp³-hybridized carbons (Fsp3) is 0.765. The van der Waals surface area contributed by atoms with Crippen molar-refractivity contribution < 1.29 is 19.1 Å². The van der Waals surface area contributed by atoms with Crippen molar-refractivity contribution in [1.82, 2.24) is 0 Å². The monoisotopic (exact) mass is 286 g/mol. The Morgan fingerprint density at radius 3 is 1.81 bits per heavy atom. The first-order valence-corrected chi connectivity index (χ1v) is 8.19. The Morgan fingerprint density at radius 2 is 1.33 bits per heavy atom. The number of allylic oxidation sites excluding steroid dienone is 1. The Balaban J connectivity index is 1.54. The summed E-state index contributed by atoms with van der Waals surface area (Å²) in [6, 6.07) is 0. The SMILES string of the molecule is CC1(C)OC(=O)C(=C2C3C4CC5C6CC(C2C64)C53)C(=O)O1. The van der Waals surface area contributed by atoms with E-state index in [0.717, 1.165) is 41.1 Å². The number of esters is 2. The maximum Gasteiger partial charge on any atom is 0.348 e. The molecule has 6 aliphatic carbocycles. The first-order valence-electron chi connectivity index (χ1n) is 8.19. The second-order valence-corrected chi connectivity index (χ2v) is 8.34. The van der Waals surface area contributed by atoms with E-state index in [1.807, 2.05) is 0 Å². The summed E-state index contributed by atoms with van der Waals surface area (Å²) in [6.45, 7) is 3.23. The van der Waals surface area contributed by atoms with Crippen LogP contribution in [0.2, 0.25) is 0 Å². The van der Waals surface area contributed by atoms with Crippen molar-refractivity contribution in [2.45, 2.75) is 32.5 Å². The number of hydrogen-bond donors (Lipinski definition) is 0. The van der Waals surface area contributed by atoms with E-state index in [4.69, 9.17) is 9.47 Å². The molecule has 1 saturated heterocycles. The Hall–Kier alpha value is -1.32. The predicted octanol–water partition coefficient (Wildman–Crippen LogP) is 1.90. The van der Waals surface area contributed by atoms with Gasteiger partial charge in [-0.3, -0.25) is 0 Å². The number of carbonyl (C=O) groups is 2. The van der Waals surface area contributed by atoms with Gasteiger partial charge in [-0.1, -0.05) is 0 Å². The minimum Gasteiger partial charge on any atom is -0.419 e. The third-order valence-corrected chi connectivity index (χ3v) is 7.46. The fourth-order valence-corrected chi connectivity index (χ4v) is 7.54. The van der Waals surface area contributed by atoms with Crippen molar-refractivity contribution in [2.75, 3.05) is 0 Å². The highest BCUT2D eigenvalue weighted by Crippen LogP contribution is 2.84. The highest BCUT2D eigenvalue weighted by Gasteiger charge is 2.79. The van der Waals surface area contributed by atoms with E-state index in [1.165, 1.54) is 12.8 Å². The third-order valence-electron chi connectivity index (χ3n) is 7.46. The first-order chi connectivity index (χ1) is 9.98. The molecular formula is C17H18O4. The van der Waals surface area contributed by atoms with Gasteiger partial charge in [0.1, 0.15) is 5.57 Å². The third kappa shape index (κ3) is 0.984. The van der Waals surface area contributed by atoms with Crippen molar-refractivity contribution >= 4 is 11.9 Å². The summed E-state index contributed by atoms with van der Waals surface area (Å²) >= 11 is 0. The summed E-state index contributed by atoms with van der Waals surface area (Å²) < 4.78 is 10.7. The molecule has 4 nitrogen and oxygen atoms in total. The van der Waals surface area contributed by atoms with Gasteiger partial charge in [-0.25, -0.2) is 9.59 Å². The molecule has 6 bridgehead atoms. The Kier molecular flexibility index (Phi) is 1.57. The van der Waals surface area contributed by atoms with Crippen LogP contribution in [0.3, 0.4) is 0 Å². The van der Waals surface area contributed by atoms with Crippen LogP contribution >= 0.6 is 0 Å². The molecule has 110 valence electrons. The van der Waals surface area contributed by atoms with Crippen molar-refractivity contribution in [2.24, 2.45) is 47.3 Å². The van der Waals surface area contributed by atoms with Crippen LogP contribution in [0.4, 0.5) is 0 Å². The maximum atomic E-state index is 12.4. The van der Waals surface area contributed by atoms with Gasteiger partial charge < -0.3 is 9.47 Å². The minimum atomic E-state index is -1.13. The van der Waals surface area contributed by atoms with Gasteiger partial charge in [0.15, 0.2) is 0 Å². The van der Waals surface area contributed by atoms with Gasteiger partial charge in [-0.05, 0) is 65.8 Å². The van der Waals surface area contributed by atoms with E-state index in [1.54, 1.807) is 13.8 Å². The van der Waals surface area contributed by atoms with Gasteiger partial charge in [-0.15, -0.1) is 0 Å². The number of ether oxygens (including phenoxy) is 2. The molecule has 0 aromatic carbocycles. The molecule has 0 spiro atoms. The molecule has 1 aliphatic heterocycles. The lowest BCUT2D eigenvalue weighted by atomic mass is 9.71. The lowest BCUT2D eigenvalue weighted by Gasteiger charge is -2.33. The van der Waals surface area contributed by atoms with Crippen LogP contribution in [0.5, 0.6) is 0 Å². The Morgan fingerprint density at radius 1 is 0.857 bits per heavy atom. The van der Waals surface area contributed by atoms with Gasteiger partial charge in [0.25, 0.3) is 5.79 Å². The molecule has 0 aromatic heterocycles. The van der Waals surface area contributed by atoms with Crippen molar-refractivity contribution in [1.29, 1.82) is 0 Å². The molecule has 8 unspecified atom stereocenters. The summed E-state index contributed by atoms with van der Waals surface area (Å²) in [4.78, 5) is 24.8. The molecule has 0 amide bonds. The van der Waals surface area contributed by atoms with E-state index in [0.29, 0.717) is 11.8 Å². The highest BCUT2D eigenvalue weighted by molar-refractivity contribution is 6.16. The van der Waals surface area contributed by atoms with E-state index in [9.17, 15) is 9.59 Å². The zero-order valence-corrected chi connectivity index (χ0v) is 12.2. The molecule has 4 heteroatoms. The number of carbonyl (C=O) groups excluding carboxylic acids is 2. The number of hydrogen-bond acceptors (Lipinski definition) is 4. The zero-order valence-electron chi connectivity index (χ0n) is 12.2.